The highest BCUT2D eigenvalue weighted by Gasteiger charge is 2.35. The molecule has 3 aromatic rings. The molecule has 0 saturated carbocycles. The van der Waals surface area contributed by atoms with Gasteiger partial charge in [-0.2, -0.15) is 10.4 Å². The average molecular weight is 511 g/mol. The van der Waals surface area contributed by atoms with E-state index in [1.807, 2.05) is 73.4 Å². The zero-order chi connectivity index (χ0) is 26.4. The van der Waals surface area contributed by atoms with Crippen LogP contribution in [0.1, 0.15) is 45.6 Å². The number of amides is 2. The van der Waals surface area contributed by atoms with E-state index in [4.69, 9.17) is 5.10 Å². The molecule has 6 nitrogen and oxygen atoms in total. The van der Waals surface area contributed by atoms with Gasteiger partial charge >= 0.3 is 0 Å². The van der Waals surface area contributed by atoms with Crippen LogP contribution < -0.4 is 0 Å². The van der Waals surface area contributed by atoms with E-state index in [1.165, 1.54) is 22.6 Å². The van der Waals surface area contributed by atoms with E-state index >= 15 is 0 Å². The normalized spacial score (nSPS) is 15.0. The molecule has 2 heterocycles. The van der Waals surface area contributed by atoms with Gasteiger partial charge in [-0.3, -0.25) is 14.5 Å². The molecule has 0 unspecified atom stereocenters. The van der Waals surface area contributed by atoms with Crippen molar-refractivity contribution in [3.8, 4) is 23.0 Å². The van der Waals surface area contributed by atoms with Crippen LogP contribution in [0.15, 0.2) is 82.4 Å². The van der Waals surface area contributed by atoms with Crippen molar-refractivity contribution in [2.45, 2.75) is 44.9 Å². The number of imide groups is 1. The lowest BCUT2D eigenvalue weighted by Crippen LogP contribution is -2.43. The molecule has 1 aliphatic rings. The summed E-state index contributed by atoms with van der Waals surface area (Å²) in [4.78, 5) is 28.5. The minimum atomic E-state index is -0.527. The molecule has 0 bridgehead atoms. The van der Waals surface area contributed by atoms with Gasteiger partial charge in [0, 0.05) is 34.3 Å². The summed E-state index contributed by atoms with van der Waals surface area (Å²) in [7, 11) is 0. The second-order valence-corrected chi connectivity index (χ2v) is 10.0. The van der Waals surface area contributed by atoms with Gasteiger partial charge < -0.3 is 0 Å². The number of carbonyl (C=O) groups excluding carboxylic acids is 2. The first-order chi connectivity index (χ1) is 18.0. The fourth-order valence-corrected chi connectivity index (χ4v) is 5.18. The lowest BCUT2D eigenvalue weighted by atomic mass is 9.93. The molecule has 0 fully saturated rings. The minimum Gasteiger partial charge on any atom is -0.274 e. The van der Waals surface area contributed by atoms with Crippen molar-refractivity contribution in [3.05, 3.63) is 83.1 Å². The predicted molar refractivity (Wildman–Crippen MR) is 148 cm³/mol. The van der Waals surface area contributed by atoms with Crippen LogP contribution in [0.25, 0.3) is 23.0 Å². The smallest absolute Gasteiger partial charge is 0.271 e. The van der Waals surface area contributed by atoms with Crippen molar-refractivity contribution >= 4 is 29.7 Å². The van der Waals surface area contributed by atoms with Crippen molar-refractivity contribution < 1.29 is 9.59 Å². The first kappa shape index (κ1) is 26.2. The third-order valence-electron chi connectivity index (χ3n) is 6.23. The summed E-state index contributed by atoms with van der Waals surface area (Å²) in [5, 5.41) is 14.5. The third-order valence-corrected chi connectivity index (χ3v) is 7.33. The lowest BCUT2D eigenvalue weighted by Gasteiger charge is -2.27. The van der Waals surface area contributed by atoms with Crippen LogP contribution in [-0.2, 0) is 9.59 Å². The molecule has 0 spiro atoms. The van der Waals surface area contributed by atoms with Crippen molar-refractivity contribution in [2.24, 2.45) is 0 Å². The summed E-state index contributed by atoms with van der Waals surface area (Å²) in [5.74, 6) is 0.169. The SMILES string of the molecule is CCCCSc1ccc(-c2nn(-c3ccccc3)cc2/C=C2/C(=O)N(CCC)C(=O)C(C#N)=C2C)cc1. The van der Waals surface area contributed by atoms with Gasteiger partial charge in [-0.1, -0.05) is 50.6 Å². The molecule has 0 N–H and O–H groups in total. The average Bonchev–Trinajstić information content (AvgIpc) is 3.34. The predicted octanol–water partition coefficient (Wildman–Crippen LogP) is 6.43. The highest BCUT2D eigenvalue weighted by Crippen LogP contribution is 2.32. The van der Waals surface area contributed by atoms with E-state index < -0.39 is 5.91 Å². The second kappa shape index (κ2) is 11.9. The maximum atomic E-state index is 13.4. The fourth-order valence-electron chi connectivity index (χ4n) is 4.19. The summed E-state index contributed by atoms with van der Waals surface area (Å²) in [6.45, 7) is 6.01. The molecule has 37 heavy (non-hydrogen) atoms. The van der Waals surface area contributed by atoms with E-state index in [0.29, 0.717) is 17.6 Å². The van der Waals surface area contributed by atoms with Gasteiger partial charge in [-0.25, -0.2) is 4.68 Å². The Morgan fingerprint density at radius 3 is 2.38 bits per heavy atom. The molecule has 2 aromatic carbocycles. The van der Waals surface area contributed by atoms with E-state index in [1.54, 1.807) is 17.7 Å². The Morgan fingerprint density at radius 1 is 1.00 bits per heavy atom. The number of thioether (sulfide) groups is 1. The zero-order valence-corrected chi connectivity index (χ0v) is 22.2. The van der Waals surface area contributed by atoms with Gasteiger partial charge in [0.05, 0.1) is 11.4 Å². The van der Waals surface area contributed by atoms with E-state index in [2.05, 4.69) is 19.1 Å². The number of para-hydroxylation sites is 1. The monoisotopic (exact) mass is 510 g/mol. The van der Waals surface area contributed by atoms with Crippen LogP contribution in [0.3, 0.4) is 0 Å². The molecule has 4 rings (SSSR count). The van der Waals surface area contributed by atoms with Crippen molar-refractivity contribution in [1.82, 2.24) is 14.7 Å². The number of aromatic nitrogens is 2. The quantitative estimate of drug-likeness (QED) is 0.143. The highest BCUT2D eigenvalue weighted by molar-refractivity contribution is 7.99. The van der Waals surface area contributed by atoms with Crippen LogP contribution in [0, 0.1) is 11.3 Å². The molecule has 188 valence electrons. The molecule has 0 saturated heterocycles. The van der Waals surface area contributed by atoms with Crippen molar-refractivity contribution in [2.75, 3.05) is 12.3 Å². The minimum absolute atomic E-state index is 0.00441. The molecule has 0 aliphatic carbocycles. The number of nitrogens with zero attached hydrogens (tertiary/aromatic N) is 4. The Labute approximate surface area is 222 Å². The Hall–Kier alpha value is -3.89. The molecule has 1 aliphatic heterocycles. The molecule has 0 radical (unpaired) electrons. The van der Waals surface area contributed by atoms with Crippen molar-refractivity contribution in [1.29, 1.82) is 5.26 Å². The van der Waals surface area contributed by atoms with Gasteiger partial charge in [0.15, 0.2) is 0 Å². The lowest BCUT2D eigenvalue weighted by molar-refractivity contribution is -0.140. The summed E-state index contributed by atoms with van der Waals surface area (Å²) >= 11 is 1.84. The molecular formula is C30H30N4O2S. The van der Waals surface area contributed by atoms with Gasteiger partial charge in [-0.05, 0) is 61.4 Å². The molecule has 2 amide bonds. The van der Waals surface area contributed by atoms with Gasteiger partial charge in [0.25, 0.3) is 11.8 Å². The largest absolute Gasteiger partial charge is 0.274 e. The van der Waals surface area contributed by atoms with Gasteiger partial charge in [0.1, 0.15) is 11.6 Å². The number of benzene rings is 2. The van der Waals surface area contributed by atoms with E-state index in [0.717, 1.165) is 28.3 Å². The van der Waals surface area contributed by atoms with Crippen LogP contribution in [0.5, 0.6) is 0 Å². The maximum Gasteiger partial charge on any atom is 0.271 e. The Bertz CT molecular complexity index is 1400. The number of rotatable bonds is 9. The second-order valence-electron chi connectivity index (χ2n) is 8.87. The third kappa shape index (κ3) is 5.60. The van der Waals surface area contributed by atoms with Crippen LogP contribution >= 0.6 is 11.8 Å². The Balaban J connectivity index is 1.82. The van der Waals surface area contributed by atoms with E-state index in [9.17, 15) is 14.9 Å². The summed E-state index contributed by atoms with van der Waals surface area (Å²) in [6.07, 6.45) is 6.60. The number of carbonyl (C=O) groups is 2. The molecule has 1 aromatic heterocycles. The zero-order valence-electron chi connectivity index (χ0n) is 21.4. The summed E-state index contributed by atoms with van der Waals surface area (Å²) < 4.78 is 1.79. The molecule has 7 heteroatoms. The standard InChI is InChI=1S/C30H30N4O2S/c1-4-6-17-37-25-14-12-22(13-15-25)28-23(20-34(32-28)24-10-8-7-9-11-24)18-26-21(3)27(19-31)30(36)33(16-5-2)29(26)35/h7-15,18,20H,4-6,16-17H2,1-3H3/b26-18+. The number of hydrogen-bond acceptors (Lipinski definition) is 5. The number of unbranched alkanes of at least 4 members (excludes halogenated alkanes) is 1. The summed E-state index contributed by atoms with van der Waals surface area (Å²) in [6, 6.07) is 20.1. The number of hydrogen-bond donors (Lipinski definition) is 0. The first-order valence-corrected chi connectivity index (χ1v) is 13.5. The molecule has 0 atom stereocenters. The number of nitriles is 1. The summed E-state index contributed by atoms with van der Waals surface area (Å²) in [5.41, 5.74) is 4.01. The van der Waals surface area contributed by atoms with Gasteiger partial charge in [0.2, 0.25) is 0 Å². The Morgan fingerprint density at radius 2 is 1.73 bits per heavy atom. The molecular weight excluding hydrogens is 480 g/mol. The fraction of sp³-hybridized carbons (Fsp3) is 0.267. The highest BCUT2D eigenvalue weighted by atomic mass is 32.2. The maximum absolute atomic E-state index is 13.4. The van der Waals surface area contributed by atoms with Crippen molar-refractivity contribution in [3.63, 3.8) is 0 Å². The van der Waals surface area contributed by atoms with Crippen LogP contribution in [-0.4, -0.2) is 38.8 Å². The van der Waals surface area contributed by atoms with E-state index in [-0.39, 0.29) is 18.0 Å². The topological polar surface area (TPSA) is 79.0 Å². The Kier molecular flexibility index (Phi) is 8.42. The van der Waals surface area contributed by atoms with Gasteiger partial charge in [-0.15, -0.1) is 11.8 Å². The van der Waals surface area contributed by atoms with Crippen LogP contribution in [0.2, 0.25) is 0 Å². The van der Waals surface area contributed by atoms with Crippen LogP contribution in [0.4, 0.5) is 0 Å². The first-order valence-electron chi connectivity index (χ1n) is 12.6.